The van der Waals surface area contributed by atoms with Crippen LogP contribution in [-0.2, 0) is 0 Å². The Balaban J connectivity index is 1.85. The highest BCUT2D eigenvalue weighted by Crippen LogP contribution is 2.33. The zero-order valence-corrected chi connectivity index (χ0v) is 17.9. The van der Waals surface area contributed by atoms with Crippen molar-refractivity contribution in [3.63, 3.8) is 0 Å². The highest BCUT2D eigenvalue weighted by atomic mass is 35.5. The number of nitro groups is 2. The molecule has 0 saturated carbocycles. The minimum absolute atomic E-state index is 0.149. The van der Waals surface area contributed by atoms with Gasteiger partial charge in [-0.1, -0.05) is 41.9 Å². The lowest BCUT2D eigenvalue weighted by Gasteiger charge is -2.15. The molecule has 1 amide bonds. The van der Waals surface area contributed by atoms with Crippen LogP contribution in [0.3, 0.4) is 0 Å². The third kappa shape index (κ3) is 4.21. The first kappa shape index (κ1) is 21.8. The van der Waals surface area contributed by atoms with Crippen LogP contribution in [0.5, 0.6) is 0 Å². The third-order valence-electron chi connectivity index (χ3n) is 5.12. The number of hydrogen-bond acceptors (Lipinski definition) is 6. The van der Waals surface area contributed by atoms with Crippen LogP contribution in [0.4, 0.5) is 17.1 Å². The summed E-state index contributed by atoms with van der Waals surface area (Å²) >= 11 is 6.00. The molecule has 4 rings (SSSR count). The van der Waals surface area contributed by atoms with Crippen LogP contribution in [0.1, 0.15) is 15.9 Å². The summed E-state index contributed by atoms with van der Waals surface area (Å²) in [6.45, 7) is 1.74. The van der Waals surface area contributed by atoms with Crippen molar-refractivity contribution in [2.24, 2.45) is 0 Å². The van der Waals surface area contributed by atoms with Gasteiger partial charge in [0.15, 0.2) is 0 Å². The molecule has 1 heterocycles. The van der Waals surface area contributed by atoms with Gasteiger partial charge in [0.2, 0.25) is 0 Å². The largest absolute Gasteiger partial charge is 0.316 e. The van der Waals surface area contributed by atoms with Crippen molar-refractivity contribution in [1.29, 1.82) is 0 Å². The zero-order chi connectivity index (χ0) is 23.7. The van der Waals surface area contributed by atoms with Gasteiger partial charge in [0.25, 0.3) is 17.3 Å². The quantitative estimate of drug-likeness (QED) is 0.289. The lowest BCUT2D eigenvalue weighted by Crippen LogP contribution is -2.16. The molecular formula is C23H15ClN4O5. The number of anilines is 1. The molecule has 33 heavy (non-hydrogen) atoms. The van der Waals surface area contributed by atoms with Crippen LogP contribution in [-0.4, -0.2) is 20.7 Å². The molecule has 0 bridgehead atoms. The first-order chi connectivity index (χ1) is 15.8. The smallest absolute Gasteiger partial charge is 0.299 e. The summed E-state index contributed by atoms with van der Waals surface area (Å²) in [4.78, 5) is 39.0. The molecule has 164 valence electrons. The maximum Gasteiger partial charge on any atom is 0.299 e. The third-order valence-corrected chi connectivity index (χ3v) is 5.37. The van der Waals surface area contributed by atoms with Gasteiger partial charge in [0.05, 0.1) is 32.7 Å². The average molecular weight is 463 g/mol. The number of aromatic nitrogens is 1. The maximum absolute atomic E-state index is 13.4. The zero-order valence-electron chi connectivity index (χ0n) is 17.1. The number of nitrogens with one attached hydrogen (secondary N) is 1. The Kier molecular flexibility index (Phi) is 5.72. The topological polar surface area (TPSA) is 128 Å². The van der Waals surface area contributed by atoms with Crippen molar-refractivity contribution in [3.05, 3.63) is 103 Å². The van der Waals surface area contributed by atoms with Gasteiger partial charge in [-0.3, -0.25) is 25.0 Å². The fraction of sp³-hybridized carbons (Fsp3) is 0.0435. The molecule has 1 N–H and O–H groups in total. The summed E-state index contributed by atoms with van der Waals surface area (Å²) in [5.41, 5.74) is 1.56. The molecule has 3 aromatic carbocycles. The monoisotopic (exact) mass is 462 g/mol. The van der Waals surface area contributed by atoms with Crippen molar-refractivity contribution in [3.8, 4) is 11.3 Å². The Hall–Kier alpha value is -4.37. The average Bonchev–Trinajstić information content (AvgIpc) is 2.79. The Bertz CT molecular complexity index is 1440. The molecule has 10 heteroatoms. The van der Waals surface area contributed by atoms with Crippen LogP contribution in [0.2, 0.25) is 5.02 Å². The second kappa shape index (κ2) is 8.64. The molecular weight excluding hydrogens is 448 g/mol. The number of non-ortho nitro benzene ring substituents is 1. The van der Waals surface area contributed by atoms with Gasteiger partial charge in [0.1, 0.15) is 5.69 Å². The molecule has 0 radical (unpaired) electrons. The minimum Gasteiger partial charge on any atom is -0.316 e. The predicted octanol–water partition coefficient (Wildman–Crippen LogP) is 5.93. The van der Waals surface area contributed by atoms with Crippen LogP contribution in [0.25, 0.3) is 22.2 Å². The fourth-order valence-corrected chi connectivity index (χ4v) is 3.69. The number of nitrogens with zero attached hydrogens (tertiary/aromatic N) is 3. The number of halogens is 1. The maximum atomic E-state index is 13.4. The number of benzene rings is 3. The number of pyridine rings is 1. The number of nitro benzene ring substituents is 2. The molecule has 1 aromatic heterocycles. The molecule has 0 aliphatic heterocycles. The first-order valence-electron chi connectivity index (χ1n) is 9.65. The highest BCUT2D eigenvalue weighted by Gasteiger charge is 2.24. The molecule has 0 spiro atoms. The number of para-hydroxylation sites is 1. The van der Waals surface area contributed by atoms with E-state index in [0.717, 1.165) is 23.8 Å². The summed E-state index contributed by atoms with van der Waals surface area (Å²) in [5, 5.41) is 26.1. The molecule has 4 aromatic rings. The van der Waals surface area contributed by atoms with Gasteiger partial charge in [-0.2, -0.15) is 0 Å². The predicted molar refractivity (Wildman–Crippen MR) is 125 cm³/mol. The molecule has 0 aliphatic carbocycles. The standard InChI is InChI=1S/C23H15ClN4O5/c1-13-21(23(29)26-19-11-10-16(27(30)31)12-20(19)28(32)33)17-4-2-3-5-18(17)25-22(13)14-6-8-15(24)9-7-14/h2-12H,1H3,(H,26,29). The van der Waals surface area contributed by atoms with E-state index in [1.165, 1.54) is 0 Å². The normalized spacial score (nSPS) is 10.7. The van der Waals surface area contributed by atoms with Crippen molar-refractivity contribution in [1.82, 2.24) is 4.98 Å². The summed E-state index contributed by atoms with van der Waals surface area (Å²) in [7, 11) is 0. The minimum atomic E-state index is -0.779. The van der Waals surface area contributed by atoms with E-state index in [4.69, 9.17) is 16.6 Å². The molecule has 9 nitrogen and oxygen atoms in total. The van der Waals surface area contributed by atoms with Crippen molar-refractivity contribution >= 4 is 45.5 Å². The van der Waals surface area contributed by atoms with Crippen molar-refractivity contribution in [2.45, 2.75) is 6.92 Å². The highest BCUT2D eigenvalue weighted by molar-refractivity contribution is 6.30. The molecule has 0 fully saturated rings. The number of hydrogen-bond donors (Lipinski definition) is 1. The number of amides is 1. The van der Waals surface area contributed by atoms with Gasteiger partial charge >= 0.3 is 0 Å². The molecule has 0 saturated heterocycles. The van der Waals surface area contributed by atoms with E-state index in [2.05, 4.69) is 5.32 Å². The van der Waals surface area contributed by atoms with E-state index >= 15 is 0 Å². The van der Waals surface area contributed by atoms with Crippen LogP contribution < -0.4 is 5.32 Å². The SMILES string of the molecule is Cc1c(-c2ccc(Cl)cc2)nc2ccccc2c1C(=O)Nc1ccc([N+](=O)[O-])cc1[N+](=O)[O-]. The Morgan fingerprint density at radius 3 is 2.33 bits per heavy atom. The van der Waals surface area contributed by atoms with Crippen molar-refractivity contribution < 1.29 is 14.6 Å². The van der Waals surface area contributed by atoms with E-state index in [0.29, 0.717) is 32.7 Å². The van der Waals surface area contributed by atoms with Crippen LogP contribution >= 0.6 is 11.6 Å². The van der Waals surface area contributed by atoms with Crippen LogP contribution in [0.15, 0.2) is 66.7 Å². The Labute approximate surface area is 191 Å². The lowest BCUT2D eigenvalue weighted by atomic mass is 9.97. The summed E-state index contributed by atoms with van der Waals surface area (Å²) in [6.07, 6.45) is 0. The van der Waals surface area contributed by atoms with Gasteiger partial charge in [-0.25, -0.2) is 4.98 Å². The van der Waals surface area contributed by atoms with E-state index in [-0.39, 0.29) is 5.69 Å². The molecule has 0 aliphatic rings. The lowest BCUT2D eigenvalue weighted by molar-refractivity contribution is -0.393. The van der Waals surface area contributed by atoms with Crippen molar-refractivity contribution in [2.75, 3.05) is 5.32 Å². The second-order valence-corrected chi connectivity index (χ2v) is 7.59. The van der Waals surface area contributed by atoms with E-state index in [1.54, 1.807) is 55.5 Å². The summed E-state index contributed by atoms with van der Waals surface area (Å²) in [5.74, 6) is -0.599. The molecule has 0 atom stereocenters. The van der Waals surface area contributed by atoms with Crippen LogP contribution in [0, 0.1) is 27.2 Å². The Morgan fingerprint density at radius 2 is 1.67 bits per heavy atom. The number of carbonyl (C=O) groups excluding carboxylic acids is 1. The van der Waals surface area contributed by atoms with E-state index in [9.17, 15) is 25.0 Å². The second-order valence-electron chi connectivity index (χ2n) is 7.15. The Morgan fingerprint density at radius 1 is 0.970 bits per heavy atom. The summed E-state index contributed by atoms with van der Waals surface area (Å²) < 4.78 is 0. The van der Waals surface area contributed by atoms with Gasteiger partial charge in [-0.15, -0.1) is 0 Å². The first-order valence-corrected chi connectivity index (χ1v) is 10.0. The molecule has 0 unspecified atom stereocenters. The van der Waals surface area contributed by atoms with Gasteiger partial charge < -0.3 is 5.32 Å². The van der Waals surface area contributed by atoms with Gasteiger partial charge in [0, 0.05) is 22.0 Å². The summed E-state index contributed by atoms with van der Waals surface area (Å²) in [6, 6.07) is 17.1. The van der Waals surface area contributed by atoms with E-state index < -0.39 is 27.1 Å². The number of fused-ring (bicyclic) bond motifs is 1. The number of rotatable bonds is 5. The fourth-order valence-electron chi connectivity index (χ4n) is 3.56. The number of carbonyl (C=O) groups is 1. The van der Waals surface area contributed by atoms with Gasteiger partial charge in [-0.05, 0) is 36.8 Å². The van der Waals surface area contributed by atoms with E-state index in [1.807, 2.05) is 0 Å².